The van der Waals surface area contributed by atoms with Crippen LogP contribution in [-0.2, 0) is 21.1 Å². The number of hydrogen-bond donors (Lipinski definition) is 2. The van der Waals surface area contributed by atoms with Gasteiger partial charge in [0, 0.05) is 18.7 Å². The standard InChI is InChI=1S/C25H28N2O5S/c1-18-9-11-21(12-10-18)33(29,30)23-16-20(31-2)15-22(25(23)32-3)27-17-24(28)26-14-13-19-7-5-4-6-8-19/h4-12,15-16,27H,13-14,17H2,1-3H3,(H,26,28). The second-order valence-electron chi connectivity index (χ2n) is 7.46. The summed E-state index contributed by atoms with van der Waals surface area (Å²) in [6.07, 6.45) is 0.716. The Morgan fingerprint density at radius 2 is 1.64 bits per heavy atom. The number of carbonyl (C=O) groups is 1. The second kappa shape index (κ2) is 10.9. The molecular weight excluding hydrogens is 440 g/mol. The minimum Gasteiger partial charge on any atom is -0.497 e. The van der Waals surface area contributed by atoms with Gasteiger partial charge < -0.3 is 20.1 Å². The van der Waals surface area contributed by atoms with Gasteiger partial charge in [-0.1, -0.05) is 48.0 Å². The Bertz CT molecular complexity index is 1190. The summed E-state index contributed by atoms with van der Waals surface area (Å²) >= 11 is 0. The van der Waals surface area contributed by atoms with Crippen molar-refractivity contribution in [3.8, 4) is 11.5 Å². The first-order valence-corrected chi connectivity index (χ1v) is 12.0. The fourth-order valence-electron chi connectivity index (χ4n) is 3.31. The fourth-order valence-corrected chi connectivity index (χ4v) is 4.77. The van der Waals surface area contributed by atoms with Gasteiger partial charge in [-0.2, -0.15) is 0 Å². The van der Waals surface area contributed by atoms with Crippen LogP contribution in [0.15, 0.2) is 76.5 Å². The molecule has 0 aliphatic rings. The molecule has 1 amide bonds. The molecule has 7 nitrogen and oxygen atoms in total. The van der Waals surface area contributed by atoms with E-state index in [9.17, 15) is 13.2 Å². The highest BCUT2D eigenvalue weighted by Gasteiger charge is 2.26. The lowest BCUT2D eigenvalue weighted by atomic mass is 10.1. The Balaban J connectivity index is 1.78. The van der Waals surface area contributed by atoms with Gasteiger partial charge in [-0.25, -0.2) is 8.42 Å². The van der Waals surface area contributed by atoms with Crippen LogP contribution < -0.4 is 20.1 Å². The lowest BCUT2D eigenvalue weighted by Crippen LogP contribution is -2.31. The van der Waals surface area contributed by atoms with E-state index in [-0.39, 0.29) is 28.0 Å². The van der Waals surface area contributed by atoms with Crippen LogP contribution in [-0.4, -0.2) is 41.6 Å². The van der Waals surface area contributed by atoms with Crippen LogP contribution in [0.3, 0.4) is 0 Å². The third-order valence-corrected chi connectivity index (χ3v) is 6.88. The molecule has 174 valence electrons. The highest BCUT2D eigenvalue weighted by atomic mass is 32.2. The van der Waals surface area contributed by atoms with Crippen LogP contribution in [0.4, 0.5) is 5.69 Å². The first-order valence-electron chi connectivity index (χ1n) is 10.5. The number of anilines is 1. The van der Waals surface area contributed by atoms with Gasteiger partial charge in [0.2, 0.25) is 15.7 Å². The van der Waals surface area contributed by atoms with Gasteiger partial charge in [0.15, 0.2) is 5.75 Å². The quantitative estimate of drug-likeness (QED) is 0.472. The number of nitrogens with one attached hydrogen (secondary N) is 2. The normalized spacial score (nSPS) is 11.0. The molecule has 0 saturated carbocycles. The third kappa shape index (κ3) is 6.04. The van der Waals surface area contributed by atoms with Crippen molar-refractivity contribution in [3.63, 3.8) is 0 Å². The van der Waals surface area contributed by atoms with Crippen molar-refractivity contribution >= 4 is 21.4 Å². The van der Waals surface area contributed by atoms with Gasteiger partial charge in [0.05, 0.1) is 31.3 Å². The number of rotatable bonds is 10. The average molecular weight is 469 g/mol. The van der Waals surface area contributed by atoms with E-state index < -0.39 is 9.84 Å². The van der Waals surface area contributed by atoms with Crippen molar-refractivity contribution in [2.45, 2.75) is 23.1 Å². The lowest BCUT2D eigenvalue weighted by Gasteiger charge is -2.17. The summed E-state index contributed by atoms with van der Waals surface area (Å²) in [4.78, 5) is 12.4. The summed E-state index contributed by atoms with van der Waals surface area (Å²) in [5.74, 6) is 0.223. The molecule has 3 aromatic carbocycles. The second-order valence-corrected chi connectivity index (χ2v) is 9.38. The maximum atomic E-state index is 13.3. The molecule has 33 heavy (non-hydrogen) atoms. The number of carbonyl (C=O) groups excluding carboxylic acids is 1. The van der Waals surface area contributed by atoms with E-state index in [1.165, 1.54) is 20.3 Å². The topological polar surface area (TPSA) is 93.7 Å². The summed E-state index contributed by atoms with van der Waals surface area (Å²) in [5, 5.41) is 5.83. The highest BCUT2D eigenvalue weighted by molar-refractivity contribution is 7.91. The summed E-state index contributed by atoms with van der Waals surface area (Å²) < 4.78 is 37.4. The van der Waals surface area contributed by atoms with Gasteiger partial charge in [-0.3, -0.25) is 4.79 Å². The molecule has 0 atom stereocenters. The zero-order valence-electron chi connectivity index (χ0n) is 18.9. The minimum absolute atomic E-state index is 0.0415. The Morgan fingerprint density at radius 1 is 0.939 bits per heavy atom. The zero-order chi connectivity index (χ0) is 23.8. The first-order chi connectivity index (χ1) is 15.8. The van der Waals surface area contributed by atoms with E-state index in [0.717, 1.165) is 11.1 Å². The van der Waals surface area contributed by atoms with E-state index in [2.05, 4.69) is 10.6 Å². The molecule has 0 aromatic heterocycles. The molecule has 0 radical (unpaired) electrons. The molecule has 0 aliphatic heterocycles. The number of methoxy groups -OCH3 is 2. The number of hydrogen-bond acceptors (Lipinski definition) is 6. The number of sulfone groups is 1. The van der Waals surface area contributed by atoms with Crippen LogP contribution in [0.5, 0.6) is 11.5 Å². The molecule has 0 saturated heterocycles. The van der Waals surface area contributed by atoms with E-state index in [0.29, 0.717) is 24.4 Å². The van der Waals surface area contributed by atoms with Gasteiger partial charge >= 0.3 is 0 Å². The number of aryl methyl sites for hydroxylation is 1. The van der Waals surface area contributed by atoms with Crippen molar-refractivity contribution in [2.24, 2.45) is 0 Å². The predicted octanol–water partition coefficient (Wildman–Crippen LogP) is 3.62. The maximum Gasteiger partial charge on any atom is 0.239 e. The van der Waals surface area contributed by atoms with E-state index in [1.807, 2.05) is 37.3 Å². The summed E-state index contributed by atoms with van der Waals surface area (Å²) in [6.45, 7) is 2.32. The number of benzene rings is 3. The predicted molar refractivity (Wildman–Crippen MR) is 128 cm³/mol. The van der Waals surface area contributed by atoms with E-state index in [4.69, 9.17) is 9.47 Å². The Labute approximate surface area is 194 Å². The van der Waals surface area contributed by atoms with Crippen molar-refractivity contribution in [1.29, 1.82) is 0 Å². The molecule has 0 bridgehead atoms. The smallest absolute Gasteiger partial charge is 0.239 e. The van der Waals surface area contributed by atoms with Crippen molar-refractivity contribution in [1.82, 2.24) is 5.32 Å². The molecule has 3 aromatic rings. The van der Waals surface area contributed by atoms with Crippen LogP contribution in [0.1, 0.15) is 11.1 Å². The number of amides is 1. The van der Waals surface area contributed by atoms with Crippen LogP contribution in [0.2, 0.25) is 0 Å². The fraction of sp³-hybridized carbons (Fsp3) is 0.240. The Kier molecular flexibility index (Phi) is 7.95. The molecule has 0 heterocycles. The molecule has 2 N–H and O–H groups in total. The monoisotopic (exact) mass is 468 g/mol. The van der Waals surface area contributed by atoms with Gasteiger partial charge in [-0.15, -0.1) is 0 Å². The van der Waals surface area contributed by atoms with Crippen LogP contribution in [0, 0.1) is 6.92 Å². The Hall–Kier alpha value is -3.52. The molecule has 8 heteroatoms. The molecule has 0 fully saturated rings. The highest BCUT2D eigenvalue weighted by Crippen LogP contribution is 2.39. The molecule has 0 unspecified atom stereocenters. The first kappa shape index (κ1) is 24.1. The number of ether oxygens (including phenoxy) is 2. The average Bonchev–Trinajstić information content (AvgIpc) is 2.83. The van der Waals surface area contributed by atoms with Gasteiger partial charge in [-0.05, 0) is 31.0 Å². The summed E-state index contributed by atoms with van der Waals surface area (Å²) in [6, 6.07) is 19.4. The van der Waals surface area contributed by atoms with Crippen molar-refractivity contribution in [3.05, 3.63) is 77.9 Å². The van der Waals surface area contributed by atoms with E-state index in [1.54, 1.807) is 30.3 Å². The van der Waals surface area contributed by atoms with Gasteiger partial charge in [0.25, 0.3) is 0 Å². The van der Waals surface area contributed by atoms with Crippen LogP contribution in [0.25, 0.3) is 0 Å². The SMILES string of the molecule is COc1cc(NCC(=O)NCCc2ccccc2)c(OC)c(S(=O)(=O)c2ccc(C)cc2)c1. The maximum absolute atomic E-state index is 13.3. The van der Waals surface area contributed by atoms with Crippen LogP contribution >= 0.6 is 0 Å². The minimum atomic E-state index is -3.88. The van der Waals surface area contributed by atoms with E-state index >= 15 is 0 Å². The summed E-state index contributed by atoms with van der Waals surface area (Å²) in [7, 11) is -1.04. The molecule has 0 aliphatic carbocycles. The molecule has 3 rings (SSSR count). The molecule has 0 spiro atoms. The summed E-state index contributed by atoms with van der Waals surface area (Å²) in [5.41, 5.74) is 2.43. The van der Waals surface area contributed by atoms with Gasteiger partial charge in [0.1, 0.15) is 10.6 Å². The Morgan fingerprint density at radius 3 is 2.27 bits per heavy atom. The third-order valence-electron chi connectivity index (χ3n) is 5.11. The molecular formula is C25H28N2O5S. The largest absolute Gasteiger partial charge is 0.497 e. The lowest BCUT2D eigenvalue weighted by molar-refractivity contribution is -0.119. The zero-order valence-corrected chi connectivity index (χ0v) is 19.7. The van der Waals surface area contributed by atoms with Crippen molar-refractivity contribution in [2.75, 3.05) is 32.6 Å². The van der Waals surface area contributed by atoms with Crippen molar-refractivity contribution < 1.29 is 22.7 Å².